The van der Waals surface area contributed by atoms with Crippen LogP contribution in [-0.2, 0) is 12.4 Å². The fourth-order valence-corrected chi connectivity index (χ4v) is 2.94. The molecule has 25 heavy (non-hydrogen) atoms. The smallest absolute Gasteiger partial charge is 0.234 e. The van der Waals surface area contributed by atoms with Crippen molar-refractivity contribution in [3.8, 4) is 16.4 Å². The molecule has 0 N–H and O–H groups in total. The van der Waals surface area contributed by atoms with Gasteiger partial charge in [-0.1, -0.05) is 6.07 Å². The van der Waals surface area contributed by atoms with Crippen LogP contribution >= 0.6 is 11.3 Å². The Morgan fingerprint density at radius 1 is 1.00 bits per heavy atom. The molecule has 3 aromatic heterocycles. The zero-order valence-electron chi connectivity index (χ0n) is 12.5. The van der Waals surface area contributed by atoms with Gasteiger partial charge in [0.05, 0.1) is 16.1 Å². The minimum atomic E-state index is -4.73. The Bertz CT molecular complexity index is 893. The van der Waals surface area contributed by atoms with Crippen molar-refractivity contribution in [3.05, 3.63) is 52.7 Å². The van der Waals surface area contributed by atoms with Crippen molar-refractivity contribution >= 4 is 11.3 Å². The summed E-state index contributed by atoms with van der Waals surface area (Å²) >= 11 is 1.14. The maximum atomic E-state index is 13.0. The Labute approximate surface area is 141 Å². The summed E-state index contributed by atoms with van der Waals surface area (Å²) in [6.45, 7) is 1.33. The minimum Gasteiger partial charge on any atom is -0.234 e. The molecule has 0 aliphatic carbocycles. The van der Waals surface area contributed by atoms with E-state index in [1.807, 2.05) is 0 Å². The van der Waals surface area contributed by atoms with E-state index in [0.29, 0.717) is 10.9 Å². The van der Waals surface area contributed by atoms with Crippen LogP contribution in [0.25, 0.3) is 16.4 Å². The number of halogens is 6. The third kappa shape index (κ3) is 3.53. The number of thiophene rings is 1. The first-order chi connectivity index (χ1) is 11.6. The third-order valence-electron chi connectivity index (χ3n) is 3.26. The zero-order chi connectivity index (χ0) is 18.4. The van der Waals surface area contributed by atoms with Crippen molar-refractivity contribution in [2.75, 3.05) is 0 Å². The van der Waals surface area contributed by atoms with Gasteiger partial charge in [0, 0.05) is 5.69 Å². The molecule has 0 bridgehead atoms. The van der Waals surface area contributed by atoms with Crippen LogP contribution in [0.2, 0.25) is 0 Å². The van der Waals surface area contributed by atoms with Gasteiger partial charge in [-0.3, -0.25) is 0 Å². The van der Waals surface area contributed by atoms with Crippen LogP contribution in [0.4, 0.5) is 26.3 Å². The highest BCUT2D eigenvalue weighted by atomic mass is 32.1. The van der Waals surface area contributed by atoms with Gasteiger partial charge in [-0.2, -0.15) is 31.4 Å². The predicted molar refractivity (Wildman–Crippen MR) is 79.4 cm³/mol. The molecule has 0 fully saturated rings. The molecule has 10 heteroatoms. The van der Waals surface area contributed by atoms with E-state index in [0.717, 1.165) is 28.2 Å². The molecule has 0 spiro atoms. The highest BCUT2D eigenvalue weighted by Gasteiger charge is 2.36. The molecule has 0 aliphatic heterocycles. The first kappa shape index (κ1) is 17.5. The number of aryl methyl sites for hydroxylation is 1. The summed E-state index contributed by atoms with van der Waals surface area (Å²) in [7, 11) is 0. The lowest BCUT2D eigenvalue weighted by Crippen LogP contribution is -2.11. The molecular weight excluding hydrogens is 368 g/mol. The van der Waals surface area contributed by atoms with E-state index in [-0.39, 0.29) is 17.2 Å². The van der Waals surface area contributed by atoms with Gasteiger partial charge in [-0.25, -0.2) is 9.67 Å². The molecule has 3 rings (SSSR count). The average Bonchev–Trinajstić information content (AvgIpc) is 3.14. The summed E-state index contributed by atoms with van der Waals surface area (Å²) in [6, 6.07) is 5.47. The Balaban J connectivity index is 2.23. The number of rotatable bonds is 2. The minimum absolute atomic E-state index is 0.0195. The lowest BCUT2D eigenvalue weighted by molar-refractivity contribution is -0.141. The summed E-state index contributed by atoms with van der Waals surface area (Å²) in [5, 5.41) is 5.08. The fraction of sp³-hybridized carbons (Fsp3) is 0.200. The summed E-state index contributed by atoms with van der Waals surface area (Å²) in [4.78, 5) is 4.35. The molecule has 132 valence electrons. The van der Waals surface area contributed by atoms with Gasteiger partial charge in [-0.15, -0.1) is 11.3 Å². The van der Waals surface area contributed by atoms with Gasteiger partial charge in [0.2, 0.25) is 0 Å². The molecule has 0 unspecified atom stereocenters. The topological polar surface area (TPSA) is 30.7 Å². The predicted octanol–water partition coefficient (Wildman–Crippen LogP) is 5.34. The van der Waals surface area contributed by atoms with Gasteiger partial charge < -0.3 is 0 Å². The summed E-state index contributed by atoms with van der Waals surface area (Å²) in [5.74, 6) is -0.328. The molecule has 0 amide bonds. The quantitative estimate of drug-likeness (QED) is 0.565. The molecule has 0 aromatic carbocycles. The van der Waals surface area contributed by atoms with Gasteiger partial charge >= 0.3 is 12.4 Å². The molecular formula is C15H9F6N3S. The van der Waals surface area contributed by atoms with Crippen molar-refractivity contribution in [2.45, 2.75) is 19.3 Å². The van der Waals surface area contributed by atoms with Crippen LogP contribution < -0.4 is 0 Å². The number of pyridine rings is 1. The summed E-state index contributed by atoms with van der Waals surface area (Å²) < 4.78 is 78.8. The van der Waals surface area contributed by atoms with Crippen LogP contribution in [0, 0.1) is 6.92 Å². The molecule has 3 heterocycles. The number of hydrogen-bond donors (Lipinski definition) is 0. The van der Waals surface area contributed by atoms with E-state index in [1.165, 1.54) is 6.92 Å². The SMILES string of the molecule is Cc1cc(C(F)(F)F)cc(-n2nc(C(F)(F)F)cc2-c2cccs2)n1. The fourth-order valence-electron chi connectivity index (χ4n) is 2.22. The number of alkyl halides is 6. The van der Waals surface area contributed by atoms with Gasteiger partial charge in [0.1, 0.15) is 0 Å². The van der Waals surface area contributed by atoms with Crippen molar-refractivity contribution in [3.63, 3.8) is 0 Å². The van der Waals surface area contributed by atoms with Crippen LogP contribution in [0.5, 0.6) is 0 Å². The highest BCUT2D eigenvalue weighted by Crippen LogP contribution is 2.36. The second-order valence-corrected chi connectivity index (χ2v) is 6.10. The standard InChI is InChI=1S/C15H9F6N3S/c1-8-5-9(14(16,17)18)6-13(22-8)24-10(11-3-2-4-25-11)7-12(23-24)15(19,20)21/h2-7H,1H3. The number of aromatic nitrogens is 3. The highest BCUT2D eigenvalue weighted by molar-refractivity contribution is 7.13. The maximum Gasteiger partial charge on any atom is 0.435 e. The lowest BCUT2D eigenvalue weighted by Gasteiger charge is -2.11. The van der Waals surface area contributed by atoms with E-state index in [4.69, 9.17) is 0 Å². The number of nitrogens with zero attached hydrogens (tertiary/aromatic N) is 3. The molecule has 0 saturated heterocycles. The Hall–Kier alpha value is -2.36. The lowest BCUT2D eigenvalue weighted by atomic mass is 10.2. The Kier molecular flexibility index (Phi) is 4.10. The van der Waals surface area contributed by atoms with E-state index in [1.54, 1.807) is 17.5 Å². The number of hydrogen-bond acceptors (Lipinski definition) is 3. The summed E-state index contributed by atoms with van der Waals surface area (Å²) in [5.41, 5.74) is -2.16. The van der Waals surface area contributed by atoms with Crippen LogP contribution in [-0.4, -0.2) is 14.8 Å². The Morgan fingerprint density at radius 3 is 2.28 bits per heavy atom. The molecule has 3 aromatic rings. The van der Waals surface area contributed by atoms with E-state index in [9.17, 15) is 26.3 Å². The van der Waals surface area contributed by atoms with Crippen LogP contribution in [0.1, 0.15) is 17.0 Å². The first-order valence-electron chi connectivity index (χ1n) is 6.83. The molecule has 0 saturated carbocycles. The van der Waals surface area contributed by atoms with Crippen molar-refractivity contribution in [2.24, 2.45) is 0 Å². The molecule has 0 radical (unpaired) electrons. The largest absolute Gasteiger partial charge is 0.435 e. The van der Waals surface area contributed by atoms with Gasteiger partial charge in [-0.05, 0) is 36.6 Å². The van der Waals surface area contributed by atoms with Crippen molar-refractivity contribution in [1.29, 1.82) is 0 Å². The van der Waals surface area contributed by atoms with E-state index >= 15 is 0 Å². The second-order valence-electron chi connectivity index (χ2n) is 5.15. The monoisotopic (exact) mass is 377 g/mol. The maximum absolute atomic E-state index is 13.0. The molecule has 3 nitrogen and oxygen atoms in total. The van der Waals surface area contributed by atoms with Crippen molar-refractivity contribution in [1.82, 2.24) is 14.8 Å². The first-order valence-corrected chi connectivity index (χ1v) is 7.71. The zero-order valence-corrected chi connectivity index (χ0v) is 13.3. The summed E-state index contributed by atoms with van der Waals surface area (Å²) in [6.07, 6.45) is -9.38. The van der Waals surface area contributed by atoms with E-state index < -0.39 is 23.6 Å². The van der Waals surface area contributed by atoms with Crippen LogP contribution in [0.15, 0.2) is 35.7 Å². The molecule has 0 aliphatic rings. The van der Waals surface area contributed by atoms with Gasteiger partial charge in [0.15, 0.2) is 11.5 Å². The molecule has 0 atom stereocenters. The normalized spacial score (nSPS) is 12.6. The Morgan fingerprint density at radius 2 is 1.72 bits per heavy atom. The van der Waals surface area contributed by atoms with Crippen molar-refractivity contribution < 1.29 is 26.3 Å². The second kappa shape index (κ2) is 5.87. The van der Waals surface area contributed by atoms with Gasteiger partial charge in [0.25, 0.3) is 0 Å². The third-order valence-corrected chi connectivity index (χ3v) is 4.15. The van der Waals surface area contributed by atoms with E-state index in [2.05, 4.69) is 10.1 Å². The average molecular weight is 377 g/mol. The van der Waals surface area contributed by atoms with Crippen LogP contribution in [0.3, 0.4) is 0 Å².